The highest BCUT2D eigenvalue weighted by Gasteiger charge is 2.18. The predicted octanol–water partition coefficient (Wildman–Crippen LogP) is -0.0604. The van der Waals surface area contributed by atoms with Crippen LogP contribution < -0.4 is 0 Å². The van der Waals surface area contributed by atoms with Crippen LogP contribution in [0.1, 0.15) is 11.1 Å². The van der Waals surface area contributed by atoms with E-state index < -0.39 is 0 Å². The lowest BCUT2D eigenvalue weighted by Crippen LogP contribution is -2.47. The van der Waals surface area contributed by atoms with Gasteiger partial charge in [0, 0.05) is 78.5 Å². The van der Waals surface area contributed by atoms with E-state index in [4.69, 9.17) is 19.7 Å². The maximum absolute atomic E-state index is 8.77. The van der Waals surface area contributed by atoms with Crippen LogP contribution in [0.15, 0.2) is 24.3 Å². The van der Waals surface area contributed by atoms with Gasteiger partial charge >= 0.3 is 0 Å². The summed E-state index contributed by atoms with van der Waals surface area (Å²) in [5.74, 6) is 0. The maximum Gasteiger partial charge on any atom is 0.0698 e. The van der Waals surface area contributed by atoms with E-state index in [1.54, 1.807) is 0 Å². The van der Waals surface area contributed by atoms with E-state index in [-0.39, 0.29) is 13.2 Å². The van der Waals surface area contributed by atoms with Gasteiger partial charge < -0.3 is 19.7 Å². The summed E-state index contributed by atoms with van der Waals surface area (Å²) in [6.45, 7) is 15.1. The molecule has 2 fully saturated rings. The van der Waals surface area contributed by atoms with Crippen LogP contribution in [0.5, 0.6) is 0 Å². The molecule has 182 valence electrons. The third-order valence-electron chi connectivity index (χ3n) is 6.34. The highest BCUT2D eigenvalue weighted by molar-refractivity contribution is 5.22. The second kappa shape index (κ2) is 14.9. The fourth-order valence-electron chi connectivity index (χ4n) is 4.33. The Bertz CT molecular complexity index is 550. The summed E-state index contributed by atoms with van der Waals surface area (Å²) in [4.78, 5) is 9.95. The molecule has 0 saturated carbocycles. The van der Waals surface area contributed by atoms with Crippen molar-refractivity contribution in [2.24, 2.45) is 0 Å². The van der Waals surface area contributed by atoms with Gasteiger partial charge in [-0.05, 0) is 11.1 Å². The van der Waals surface area contributed by atoms with Crippen molar-refractivity contribution < 1.29 is 19.7 Å². The summed E-state index contributed by atoms with van der Waals surface area (Å²) in [6.07, 6.45) is 0. The molecule has 0 unspecified atom stereocenters. The lowest BCUT2D eigenvalue weighted by atomic mass is 10.1. The molecule has 1 aromatic carbocycles. The van der Waals surface area contributed by atoms with E-state index in [9.17, 15) is 0 Å². The number of nitrogens with zero attached hydrogens (tertiary/aromatic N) is 4. The molecule has 2 aliphatic rings. The van der Waals surface area contributed by atoms with Gasteiger partial charge in [-0.1, -0.05) is 24.3 Å². The fraction of sp³-hybridized carbons (Fsp3) is 0.750. The largest absolute Gasteiger partial charge is 0.394 e. The van der Waals surface area contributed by atoms with E-state index in [1.807, 2.05) is 0 Å². The van der Waals surface area contributed by atoms with Crippen molar-refractivity contribution in [3.63, 3.8) is 0 Å². The predicted molar refractivity (Wildman–Crippen MR) is 126 cm³/mol. The van der Waals surface area contributed by atoms with E-state index in [2.05, 4.69) is 43.9 Å². The molecule has 0 aromatic heterocycles. The zero-order chi connectivity index (χ0) is 22.4. The van der Waals surface area contributed by atoms with Crippen LogP contribution >= 0.6 is 0 Å². The minimum Gasteiger partial charge on any atom is -0.394 e. The van der Waals surface area contributed by atoms with E-state index in [0.717, 1.165) is 78.5 Å². The molecule has 8 nitrogen and oxygen atoms in total. The van der Waals surface area contributed by atoms with Gasteiger partial charge in [0.15, 0.2) is 0 Å². The topological polar surface area (TPSA) is 71.9 Å². The van der Waals surface area contributed by atoms with Crippen molar-refractivity contribution in [2.75, 3.05) is 105 Å². The average molecular weight is 451 g/mol. The van der Waals surface area contributed by atoms with Crippen LogP contribution in [0.2, 0.25) is 0 Å². The third-order valence-corrected chi connectivity index (χ3v) is 6.34. The van der Waals surface area contributed by atoms with Gasteiger partial charge in [0.25, 0.3) is 0 Å². The fourth-order valence-corrected chi connectivity index (χ4v) is 4.33. The number of aliphatic hydroxyl groups is 2. The van der Waals surface area contributed by atoms with Crippen molar-refractivity contribution in [2.45, 2.75) is 13.1 Å². The Morgan fingerprint density at radius 2 is 0.875 bits per heavy atom. The Kier molecular flexibility index (Phi) is 11.9. The second-order valence-corrected chi connectivity index (χ2v) is 8.72. The summed E-state index contributed by atoms with van der Waals surface area (Å²) in [5, 5.41) is 17.5. The molecule has 8 heteroatoms. The highest BCUT2D eigenvalue weighted by Crippen LogP contribution is 2.13. The monoisotopic (exact) mass is 450 g/mol. The molecule has 3 rings (SSSR count). The molecule has 0 atom stereocenters. The first kappa shape index (κ1) is 25.5. The summed E-state index contributed by atoms with van der Waals surface area (Å²) < 4.78 is 10.8. The van der Waals surface area contributed by atoms with E-state index >= 15 is 0 Å². The first-order valence-corrected chi connectivity index (χ1v) is 12.1. The van der Waals surface area contributed by atoms with E-state index in [0.29, 0.717) is 26.4 Å². The molecular weight excluding hydrogens is 408 g/mol. The first-order chi connectivity index (χ1) is 15.8. The van der Waals surface area contributed by atoms with Crippen LogP contribution in [-0.2, 0) is 22.6 Å². The summed E-state index contributed by atoms with van der Waals surface area (Å²) in [7, 11) is 0. The van der Waals surface area contributed by atoms with Crippen molar-refractivity contribution in [1.82, 2.24) is 19.6 Å². The molecule has 2 N–H and O–H groups in total. The first-order valence-electron chi connectivity index (χ1n) is 12.1. The molecule has 0 amide bonds. The van der Waals surface area contributed by atoms with Gasteiger partial charge in [-0.25, -0.2) is 0 Å². The normalized spacial score (nSPS) is 19.6. The molecule has 0 spiro atoms. The zero-order valence-electron chi connectivity index (χ0n) is 19.5. The van der Waals surface area contributed by atoms with Gasteiger partial charge in [0.1, 0.15) is 0 Å². The van der Waals surface area contributed by atoms with Crippen LogP contribution in [-0.4, -0.2) is 135 Å². The standard InChI is InChI=1S/C24H42N4O4/c29-15-19-31-17-13-25-5-9-27(10-6-25)21-23-1-2-24(4-3-23)22-28-11-7-26(8-12-28)14-18-32-20-16-30/h1-4,29-30H,5-22H2. The number of aliphatic hydroxyl groups excluding tert-OH is 2. The molecule has 0 radical (unpaired) electrons. The van der Waals surface area contributed by atoms with Crippen LogP contribution in [0, 0.1) is 0 Å². The van der Waals surface area contributed by atoms with Gasteiger partial charge in [-0.2, -0.15) is 0 Å². The number of piperazine rings is 2. The van der Waals surface area contributed by atoms with Crippen molar-refractivity contribution in [3.8, 4) is 0 Å². The number of hydrogen-bond donors (Lipinski definition) is 2. The maximum atomic E-state index is 8.77. The molecule has 0 aliphatic carbocycles. The van der Waals surface area contributed by atoms with Crippen molar-refractivity contribution >= 4 is 0 Å². The second-order valence-electron chi connectivity index (χ2n) is 8.72. The van der Waals surface area contributed by atoms with Crippen LogP contribution in [0.4, 0.5) is 0 Å². The Balaban J connectivity index is 1.29. The zero-order valence-corrected chi connectivity index (χ0v) is 19.5. The summed E-state index contributed by atoms with van der Waals surface area (Å²) in [6, 6.07) is 9.16. The van der Waals surface area contributed by atoms with Crippen LogP contribution in [0.25, 0.3) is 0 Å². The minimum absolute atomic E-state index is 0.103. The molecule has 2 aliphatic heterocycles. The molecule has 2 heterocycles. The van der Waals surface area contributed by atoms with Gasteiger partial charge in [-0.15, -0.1) is 0 Å². The summed E-state index contributed by atoms with van der Waals surface area (Å²) >= 11 is 0. The Hall–Kier alpha value is -1.10. The highest BCUT2D eigenvalue weighted by atomic mass is 16.5. The molecule has 2 saturated heterocycles. The van der Waals surface area contributed by atoms with Crippen molar-refractivity contribution in [1.29, 1.82) is 0 Å². The van der Waals surface area contributed by atoms with Gasteiger partial charge in [-0.3, -0.25) is 19.6 Å². The van der Waals surface area contributed by atoms with E-state index in [1.165, 1.54) is 11.1 Å². The van der Waals surface area contributed by atoms with Crippen molar-refractivity contribution in [3.05, 3.63) is 35.4 Å². The molecular formula is C24H42N4O4. The smallest absolute Gasteiger partial charge is 0.0698 e. The van der Waals surface area contributed by atoms with Gasteiger partial charge in [0.2, 0.25) is 0 Å². The Labute approximate surface area is 193 Å². The Morgan fingerprint density at radius 1 is 0.531 bits per heavy atom. The lowest BCUT2D eigenvalue weighted by Gasteiger charge is -2.35. The quantitative estimate of drug-likeness (QED) is 0.382. The number of rotatable bonds is 14. The SMILES string of the molecule is OCCOCCN1CCN(Cc2ccc(CN3CCN(CCOCCO)CC3)cc2)CC1. The number of benzene rings is 1. The molecule has 1 aromatic rings. The van der Waals surface area contributed by atoms with Crippen LogP contribution in [0.3, 0.4) is 0 Å². The average Bonchev–Trinajstić information content (AvgIpc) is 2.83. The molecule has 32 heavy (non-hydrogen) atoms. The van der Waals surface area contributed by atoms with Gasteiger partial charge in [0.05, 0.1) is 39.6 Å². The Morgan fingerprint density at radius 3 is 1.22 bits per heavy atom. The minimum atomic E-state index is 0.103. The third kappa shape index (κ3) is 9.41. The number of hydrogen-bond acceptors (Lipinski definition) is 8. The lowest BCUT2D eigenvalue weighted by molar-refractivity contribution is 0.0562. The summed E-state index contributed by atoms with van der Waals surface area (Å²) in [5.41, 5.74) is 2.78. The number of ether oxygens (including phenoxy) is 2. The molecule has 0 bridgehead atoms.